The Kier molecular flexibility index (Phi) is 4.43. The predicted molar refractivity (Wildman–Crippen MR) is 86.4 cm³/mol. The first-order chi connectivity index (χ1) is 10.3. The van der Waals surface area contributed by atoms with Gasteiger partial charge in [-0.3, -0.25) is 14.8 Å². The van der Waals surface area contributed by atoms with Crippen molar-refractivity contribution >= 4 is 17.3 Å². The Morgan fingerprint density at radius 2 is 1.95 bits per heavy atom. The van der Waals surface area contributed by atoms with Crippen LogP contribution >= 0.6 is 12.2 Å². The summed E-state index contributed by atoms with van der Waals surface area (Å²) in [4.78, 5) is 7.84. The SMILES string of the molecule is S=C1NC[NH+](Cc2cccnc2)CN1Cc1ccccc1. The van der Waals surface area contributed by atoms with Crippen LogP contribution in [0.2, 0.25) is 0 Å². The smallest absolute Gasteiger partial charge is 0.177 e. The topological polar surface area (TPSA) is 32.6 Å². The van der Waals surface area contributed by atoms with Crippen molar-refractivity contribution in [2.75, 3.05) is 13.3 Å². The van der Waals surface area contributed by atoms with Crippen LogP contribution in [0.15, 0.2) is 54.9 Å². The molecule has 1 aliphatic heterocycles. The molecule has 2 heterocycles. The number of quaternary nitrogens is 1. The number of rotatable bonds is 4. The van der Waals surface area contributed by atoms with Crippen LogP contribution in [0.4, 0.5) is 0 Å². The number of aromatic nitrogens is 1. The molecule has 1 aromatic carbocycles. The van der Waals surface area contributed by atoms with Crippen LogP contribution in [-0.2, 0) is 13.1 Å². The van der Waals surface area contributed by atoms with Gasteiger partial charge in [-0.1, -0.05) is 36.4 Å². The maximum absolute atomic E-state index is 5.43. The lowest BCUT2D eigenvalue weighted by molar-refractivity contribution is -0.927. The van der Waals surface area contributed by atoms with E-state index in [2.05, 4.69) is 45.5 Å². The highest BCUT2D eigenvalue weighted by Gasteiger charge is 2.23. The molecule has 5 heteroatoms. The van der Waals surface area contributed by atoms with Crippen molar-refractivity contribution < 1.29 is 4.90 Å². The standard InChI is InChI=1S/C16H18N4S/c21-16-18-12-19(10-15-7-4-8-17-9-15)13-20(16)11-14-5-2-1-3-6-14/h1-9H,10-13H2,(H,18,21)/p+1. The fraction of sp³-hybridized carbons (Fsp3) is 0.250. The molecule has 0 radical (unpaired) electrons. The maximum atomic E-state index is 5.43. The van der Waals surface area contributed by atoms with Gasteiger partial charge in [0.05, 0.1) is 6.54 Å². The van der Waals surface area contributed by atoms with Gasteiger partial charge in [0.15, 0.2) is 18.4 Å². The summed E-state index contributed by atoms with van der Waals surface area (Å²) in [5.41, 5.74) is 2.53. The van der Waals surface area contributed by atoms with E-state index in [9.17, 15) is 0 Å². The van der Waals surface area contributed by atoms with E-state index in [1.54, 1.807) is 0 Å². The van der Waals surface area contributed by atoms with E-state index in [-0.39, 0.29) is 0 Å². The minimum absolute atomic E-state index is 0.841. The molecule has 1 saturated heterocycles. The lowest BCUT2D eigenvalue weighted by Gasteiger charge is -2.35. The highest BCUT2D eigenvalue weighted by atomic mass is 32.1. The normalized spacial score (nSPS) is 18.4. The maximum Gasteiger partial charge on any atom is 0.177 e. The first-order valence-corrected chi connectivity index (χ1v) is 7.51. The molecule has 1 aromatic heterocycles. The minimum Gasteiger partial charge on any atom is -0.316 e. The van der Waals surface area contributed by atoms with Gasteiger partial charge >= 0.3 is 0 Å². The van der Waals surface area contributed by atoms with Gasteiger partial charge in [0.2, 0.25) is 0 Å². The van der Waals surface area contributed by atoms with Crippen molar-refractivity contribution in [2.24, 2.45) is 0 Å². The molecular weight excluding hydrogens is 280 g/mol. The quantitative estimate of drug-likeness (QED) is 0.817. The Bertz CT molecular complexity index is 588. The lowest BCUT2D eigenvalue weighted by Crippen LogP contribution is -3.15. The van der Waals surface area contributed by atoms with Gasteiger partial charge in [-0.25, -0.2) is 0 Å². The zero-order valence-electron chi connectivity index (χ0n) is 11.8. The molecule has 0 amide bonds. The van der Waals surface area contributed by atoms with Crippen LogP contribution in [0, 0.1) is 0 Å². The van der Waals surface area contributed by atoms with E-state index in [4.69, 9.17) is 12.2 Å². The molecule has 1 fully saturated rings. The molecule has 1 atom stereocenters. The van der Waals surface area contributed by atoms with Gasteiger partial charge in [0.1, 0.15) is 6.54 Å². The average molecular weight is 299 g/mol. The number of nitrogens with one attached hydrogen (secondary N) is 2. The number of hydrogen-bond acceptors (Lipinski definition) is 2. The Hall–Kier alpha value is -1.98. The van der Waals surface area contributed by atoms with E-state index in [0.29, 0.717) is 0 Å². The number of benzene rings is 1. The fourth-order valence-corrected chi connectivity index (χ4v) is 2.75. The number of pyridine rings is 1. The molecule has 0 bridgehead atoms. The summed E-state index contributed by atoms with van der Waals surface area (Å²) in [7, 11) is 0. The van der Waals surface area contributed by atoms with Crippen LogP contribution in [0.3, 0.4) is 0 Å². The second kappa shape index (κ2) is 6.65. The Morgan fingerprint density at radius 3 is 2.71 bits per heavy atom. The Labute approximate surface area is 130 Å². The first-order valence-electron chi connectivity index (χ1n) is 7.10. The Morgan fingerprint density at radius 1 is 1.14 bits per heavy atom. The molecule has 1 aliphatic rings. The van der Waals surface area contributed by atoms with E-state index < -0.39 is 0 Å². The van der Waals surface area contributed by atoms with Gasteiger partial charge in [-0.15, -0.1) is 0 Å². The molecule has 0 saturated carbocycles. The summed E-state index contributed by atoms with van der Waals surface area (Å²) in [5.74, 6) is 0. The van der Waals surface area contributed by atoms with Crippen LogP contribution in [-0.4, -0.2) is 28.3 Å². The molecule has 0 spiro atoms. The lowest BCUT2D eigenvalue weighted by atomic mass is 10.2. The zero-order chi connectivity index (χ0) is 14.5. The van der Waals surface area contributed by atoms with Crippen molar-refractivity contribution in [1.82, 2.24) is 15.2 Å². The van der Waals surface area contributed by atoms with Gasteiger partial charge in [-0.2, -0.15) is 0 Å². The molecule has 2 aromatic rings. The Balaban J connectivity index is 1.63. The minimum atomic E-state index is 0.841. The highest BCUT2D eigenvalue weighted by molar-refractivity contribution is 7.80. The summed E-state index contributed by atoms with van der Waals surface area (Å²) in [6.07, 6.45) is 3.74. The summed E-state index contributed by atoms with van der Waals surface area (Å²) in [6.45, 7) is 3.58. The van der Waals surface area contributed by atoms with Crippen molar-refractivity contribution in [1.29, 1.82) is 0 Å². The number of thiocarbonyl (C=S) groups is 1. The van der Waals surface area contributed by atoms with Crippen LogP contribution < -0.4 is 10.2 Å². The second-order valence-corrected chi connectivity index (χ2v) is 5.68. The third-order valence-corrected chi connectivity index (χ3v) is 3.99. The molecule has 1 unspecified atom stereocenters. The third-order valence-electron chi connectivity index (χ3n) is 3.58. The summed E-state index contributed by atoms with van der Waals surface area (Å²) >= 11 is 5.43. The van der Waals surface area contributed by atoms with Crippen LogP contribution in [0.1, 0.15) is 11.1 Å². The zero-order valence-corrected chi connectivity index (χ0v) is 12.6. The fourth-order valence-electron chi connectivity index (χ4n) is 2.55. The van der Waals surface area contributed by atoms with Gasteiger partial charge in [0, 0.05) is 18.0 Å². The molecule has 3 rings (SSSR count). The average Bonchev–Trinajstić information content (AvgIpc) is 2.53. The van der Waals surface area contributed by atoms with Crippen molar-refractivity contribution in [3.63, 3.8) is 0 Å². The highest BCUT2D eigenvalue weighted by Crippen LogP contribution is 2.04. The van der Waals surface area contributed by atoms with Crippen molar-refractivity contribution in [3.8, 4) is 0 Å². The predicted octanol–water partition coefficient (Wildman–Crippen LogP) is 0.772. The van der Waals surface area contributed by atoms with Gasteiger partial charge < -0.3 is 5.32 Å². The molecule has 0 aliphatic carbocycles. The summed E-state index contributed by atoms with van der Waals surface area (Å²) < 4.78 is 0. The number of hydrogen-bond donors (Lipinski definition) is 2. The van der Waals surface area contributed by atoms with Crippen molar-refractivity contribution in [2.45, 2.75) is 13.1 Å². The van der Waals surface area contributed by atoms with E-state index in [1.807, 2.05) is 24.5 Å². The largest absolute Gasteiger partial charge is 0.316 e. The first kappa shape index (κ1) is 14.0. The van der Waals surface area contributed by atoms with E-state index in [1.165, 1.54) is 16.0 Å². The van der Waals surface area contributed by atoms with Gasteiger partial charge in [-0.05, 0) is 23.8 Å². The molecule has 21 heavy (non-hydrogen) atoms. The molecule has 4 nitrogen and oxygen atoms in total. The van der Waals surface area contributed by atoms with Crippen LogP contribution in [0.5, 0.6) is 0 Å². The van der Waals surface area contributed by atoms with Crippen molar-refractivity contribution in [3.05, 3.63) is 66.0 Å². The third kappa shape index (κ3) is 3.77. The van der Waals surface area contributed by atoms with E-state index >= 15 is 0 Å². The number of nitrogens with zero attached hydrogens (tertiary/aromatic N) is 2. The molecule has 108 valence electrons. The van der Waals surface area contributed by atoms with E-state index in [0.717, 1.165) is 31.5 Å². The molecule has 2 N–H and O–H groups in total. The van der Waals surface area contributed by atoms with Gasteiger partial charge in [0.25, 0.3) is 0 Å². The second-order valence-electron chi connectivity index (χ2n) is 5.29. The van der Waals surface area contributed by atoms with Crippen LogP contribution in [0.25, 0.3) is 0 Å². The molecular formula is C16H19N4S+. The monoisotopic (exact) mass is 299 g/mol. The summed E-state index contributed by atoms with van der Waals surface area (Å²) in [5, 5.41) is 4.16. The summed E-state index contributed by atoms with van der Waals surface area (Å²) in [6, 6.07) is 14.5.